The Morgan fingerprint density at radius 1 is 0.778 bits per heavy atom. The van der Waals surface area contributed by atoms with Crippen molar-refractivity contribution in [1.29, 1.82) is 0 Å². The second-order valence-electron chi connectivity index (χ2n) is 6.33. The molecule has 1 rings (SSSR count). The highest BCUT2D eigenvalue weighted by atomic mass is 16.3. The van der Waals surface area contributed by atoms with E-state index in [-0.39, 0.29) is 22.3 Å². The zero-order valence-electron chi connectivity index (χ0n) is 12.5. The molecule has 18 heavy (non-hydrogen) atoms. The Morgan fingerprint density at radius 3 is 1.28 bits per heavy atom. The van der Waals surface area contributed by atoms with Crippen LogP contribution in [0.5, 0.6) is 11.5 Å². The minimum Gasteiger partial charge on any atom is -0.508 e. The molecule has 0 heterocycles. The van der Waals surface area contributed by atoms with Crippen molar-refractivity contribution in [1.82, 2.24) is 0 Å². The molecule has 2 nitrogen and oxygen atoms in total. The number of hydrogen-bond acceptors (Lipinski definition) is 2. The topological polar surface area (TPSA) is 40.5 Å². The van der Waals surface area contributed by atoms with Crippen LogP contribution in [-0.2, 0) is 10.8 Å². The molecule has 2 heteroatoms. The van der Waals surface area contributed by atoms with Gasteiger partial charge in [0.1, 0.15) is 11.5 Å². The molecule has 1 aromatic rings. The second-order valence-corrected chi connectivity index (χ2v) is 6.33. The van der Waals surface area contributed by atoms with E-state index in [9.17, 15) is 10.2 Å². The van der Waals surface area contributed by atoms with Gasteiger partial charge in [0, 0.05) is 11.1 Å². The second kappa shape index (κ2) is 4.83. The highest BCUT2D eigenvalue weighted by Crippen LogP contribution is 2.46. The molecule has 0 unspecified atom stereocenters. The van der Waals surface area contributed by atoms with Crippen LogP contribution < -0.4 is 0 Å². The number of hydrogen-bond donors (Lipinski definition) is 2. The van der Waals surface area contributed by atoms with Gasteiger partial charge >= 0.3 is 0 Å². The molecule has 0 bridgehead atoms. The van der Waals surface area contributed by atoms with Crippen molar-refractivity contribution in [2.24, 2.45) is 0 Å². The minimum absolute atomic E-state index is 0.148. The SMILES string of the molecule is CCC(C)(C)c1c(O)ccc(O)c1C(C)(C)CC. The predicted octanol–water partition coefficient (Wildman–Crippen LogP) is 4.47. The third kappa shape index (κ3) is 2.47. The van der Waals surface area contributed by atoms with Gasteiger partial charge in [-0.15, -0.1) is 0 Å². The van der Waals surface area contributed by atoms with Crippen LogP contribution >= 0.6 is 0 Å². The van der Waals surface area contributed by atoms with Gasteiger partial charge in [0.25, 0.3) is 0 Å². The van der Waals surface area contributed by atoms with E-state index in [1.54, 1.807) is 12.1 Å². The third-order valence-electron chi connectivity index (χ3n) is 4.28. The highest BCUT2D eigenvalue weighted by Gasteiger charge is 2.33. The first kappa shape index (κ1) is 14.9. The van der Waals surface area contributed by atoms with Crippen LogP contribution in [0.2, 0.25) is 0 Å². The average molecular weight is 250 g/mol. The van der Waals surface area contributed by atoms with Crippen LogP contribution in [0.3, 0.4) is 0 Å². The summed E-state index contributed by atoms with van der Waals surface area (Å²) in [6.07, 6.45) is 1.83. The molecule has 0 atom stereocenters. The molecule has 0 aliphatic heterocycles. The molecule has 0 spiro atoms. The van der Waals surface area contributed by atoms with Gasteiger partial charge in [-0.3, -0.25) is 0 Å². The zero-order chi connectivity index (χ0) is 14.1. The van der Waals surface area contributed by atoms with Crippen molar-refractivity contribution >= 4 is 0 Å². The Bertz CT molecular complexity index is 390. The first-order valence-corrected chi connectivity index (χ1v) is 6.73. The summed E-state index contributed by atoms with van der Waals surface area (Å²) < 4.78 is 0. The Morgan fingerprint density at radius 2 is 1.06 bits per heavy atom. The molecule has 0 fully saturated rings. The molecular formula is C16H26O2. The van der Waals surface area contributed by atoms with E-state index in [1.807, 2.05) is 0 Å². The lowest BCUT2D eigenvalue weighted by molar-refractivity contribution is 0.384. The Hall–Kier alpha value is -1.18. The maximum Gasteiger partial charge on any atom is 0.119 e. The van der Waals surface area contributed by atoms with E-state index in [1.165, 1.54) is 0 Å². The summed E-state index contributed by atoms with van der Waals surface area (Å²) in [6, 6.07) is 3.19. The lowest BCUT2D eigenvalue weighted by atomic mass is 9.70. The average Bonchev–Trinajstić information content (AvgIpc) is 2.31. The smallest absolute Gasteiger partial charge is 0.119 e. The lowest BCUT2D eigenvalue weighted by Crippen LogP contribution is -2.25. The molecule has 0 aromatic heterocycles. The van der Waals surface area contributed by atoms with Gasteiger partial charge in [0.15, 0.2) is 0 Å². The third-order valence-corrected chi connectivity index (χ3v) is 4.28. The first-order chi connectivity index (χ1) is 8.17. The monoisotopic (exact) mass is 250 g/mol. The van der Waals surface area contributed by atoms with Crippen LogP contribution in [0.25, 0.3) is 0 Å². The van der Waals surface area contributed by atoms with E-state index in [0.717, 1.165) is 24.0 Å². The van der Waals surface area contributed by atoms with E-state index in [4.69, 9.17) is 0 Å². The molecule has 2 N–H and O–H groups in total. The summed E-state index contributed by atoms with van der Waals surface area (Å²) in [6.45, 7) is 12.6. The normalized spacial score (nSPS) is 12.8. The zero-order valence-corrected chi connectivity index (χ0v) is 12.5. The van der Waals surface area contributed by atoms with Crippen molar-refractivity contribution < 1.29 is 10.2 Å². The Kier molecular flexibility index (Phi) is 3.99. The molecule has 0 saturated carbocycles. The quantitative estimate of drug-likeness (QED) is 0.774. The van der Waals surface area contributed by atoms with Crippen molar-refractivity contribution in [2.45, 2.75) is 65.2 Å². The summed E-state index contributed by atoms with van der Waals surface area (Å²) >= 11 is 0. The van der Waals surface area contributed by atoms with Crippen LogP contribution in [0.15, 0.2) is 12.1 Å². The fourth-order valence-corrected chi connectivity index (χ4v) is 2.30. The van der Waals surface area contributed by atoms with Crippen molar-refractivity contribution in [3.05, 3.63) is 23.3 Å². The Labute approximate surface area is 111 Å². The van der Waals surface area contributed by atoms with E-state index in [0.29, 0.717) is 0 Å². The van der Waals surface area contributed by atoms with E-state index >= 15 is 0 Å². The lowest BCUT2D eigenvalue weighted by Gasteiger charge is -2.34. The summed E-state index contributed by atoms with van der Waals surface area (Å²) in [5.74, 6) is 0.576. The molecule has 0 radical (unpaired) electrons. The van der Waals surface area contributed by atoms with Gasteiger partial charge < -0.3 is 10.2 Å². The van der Waals surface area contributed by atoms with Crippen LogP contribution in [-0.4, -0.2) is 10.2 Å². The molecule has 102 valence electrons. The molecule has 0 saturated heterocycles. The molecule has 0 amide bonds. The highest BCUT2D eigenvalue weighted by molar-refractivity contribution is 5.54. The minimum atomic E-state index is -0.148. The van der Waals surface area contributed by atoms with Crippen LogP contribution in [0, 0.1) is 0 Å². The number of phenols is 2. The largest absolute Gasteiger partial charge is 0.508 e. The number of aromatic hydroxyl groups is 2. The summed E-state index contributed by atoms with van der Waals surface area (Å²) in [5.41, 5.74) is 1.48. The molecular weight excluding hydrogens is 224 g/mol. The summed E-state index contributed by atoms with van der Waals surface area (Å²) in [5, 5.41) is 20.5. The maximum atomic E-state index is 10.2. The Balaban J connectivity index is 3.64. The van der Waals surface area contributed by atoms with Gasteiger partial charge in [-0.1, -0.05) is 41.5 Å². The van der Waals surface area contributed by atoms with Gasteiger partial charge in [-0.05, 0) is 35.8 Å². The number of rotatable bonds is 4. The van der Waals surface area contributed by atoms with E-state index in [2.05, 4.69) is 41.5 Å². The number of phenolic OH excluding ortho intramolecular Hbond substituents is 2. The number of benzene rings is 1. The van der Waals surface area contributed by atoms with Crippen molar-refractivity contribution in [3.63, 3.8) is 0 Å². The first-order valence-electron chi connectivity index (χ1n) is 6.73. The molecule has 1 aromatic carbocycles. The molecule has 0 aliphatic carbocycles. The van der Waals surface area contributed by atoms with Gasteiger partial charge in [0.2, 0.25) is 0 Å². The maximum absolute atomic E-state index is 10.2. The molecule has 0 aliphatic rings. The predicted molar refractivity (Wildman–Crippen MR) is 76.4 cm³/mol. The summed E-state index contributed by atoms with van der Waals surface area (Å²) in [7, 11) is 0. The van der Waals surface area contributed by atoms with Gasteiger partial charge in [-0.25, -0.2) is 0 Å². The summed E-state index contributed by atoms with van der Waals surface area (Å²) in [4.78, 5) is 0. The van der Waals surface area contributed by atoms with Gasteiger partial charge in [-0.2, -0.15) is 0 Å². The van der Waals surface area contributed by atoms with E-state index < -0.39 is 0 Å². The van der Waals surface area contributed by atoms with Crippen LogP contribution in [0.1, 0.15) is 65.5 Å². The van der Waals surface area contributed by atoms with Crippen molar-refractivity contribution in [3.8, 4) is 11.5 Å². The standard InChI is InChI=1S/C16H26O2/c1-7-15(3,4)13-11(17)9-10-12(18)14(13)16(5,6)8-2/h9-10,17-18H,7-8H2,1-6H3. The van der Waals surface area contributed by atoms with Crippen LogP contribution in [0.4, 0.5) is 0 Å². The van der Waals surface area contributed by atoms with Crippen molar-refractivity contribution in [2.75, 3.05) is 0 Å². The van der Waals surface area contributed by atoms with Gasteiger partial charge in [0.05, 0.1) is 0 Å². The fourth-order valence-electron chi connectivity index (χ4n) is 2.30. The fraction of sp³-hybridized carbons (Fsp3) is 0.625.